The average molecular weight is 243 g/mol. The third kappa shape index (κ3) is 2.93. The van der Waals surface area contributed by atoms with Crippen LogP contribution in [-0.2, 0) is 4.84 Å². The van der Waals surface area contributed by atoms with Crippen LogP contribution in [-0.4, -0.2) is 17.5 Å². The molecule has 0 saturated heterocycles. The van der Waals surface area contributed by atoms with Crippen molar-refractivity contribution in [3.63, 3.8) is 0 Å². The van der Waals surface area contributed by atoms with Crippen molar-refractivity contribution in [3.8, 4) is 12.3 Å². The van der Waals surface area contributed by atoms with Crippen molar-refractivity contribution in [2.24, 2.45) is 0 Å². The van der Waals surface area contributed by atoms with E-state index in [-0.39, 0.29) is 12.5 Å². The van der Waals surface area contributed by atoms with Crippen molar-refractivity contribution < 1.29 is 9.63 Å². The third-order valence-electron chi connectivity index (χ3n) is 1.23. The Morgan fingerprint density at radius 3 is 3.15 bits per heavy atom. The van der Waals surface area contributed by atoms with Gasteiger partial charge in [0.2, 0.25) is 0 Å². The highest BCUT2D eigenvalue weighted by Gasteiger charge is 2.06. The Morgan fingerprint density at radius 1 is 1.85 bits per heavy atom. The fourth-order valence-corrected chi connectivity index (χ4v) is 1.06. The summed E-state index contributed by atoms with van der Waals surface area (Å²) in [6, 6.07) is 1.63. The van der Waals surface area contributed by atoms with E-state index in [0.29, 0.717) is 5.56 Å². The van der Waals surface area contributed by atoms with Crippen LogP contribution < -0.4 is 5.48 Å². The van der Waals surface area contributed by atoms with Gasteiger partial charge in [-0.1, -0.05) is 5.92 Å². The zero-order chi connectivity index (χ0) is 9.68. The Morgan fingerprint density at radius 2 is 2.62 bits per heavy atom. The third-order valence-corrected chi connectivity index (χ3v) is 1.69. The van der Waals surface area contributed by atoms with Crippen molar-refractivity contribution in [1.29, 1.82) is 0 Å². The molecule has 0 radical (unpaired) electrons. The number of H-pyrrole nitrogens is 1. The topological polar surface area (TPSA) is 54.1 Å². The summed E-state index contributed by atoms with van der Waals surface area (Å²) < 4.78 is 0.731. The molecule has 2 N–H and O–H groups in total. The number of carbonyl (C=O) groups excluding carboxylic acids is 1. The standard InChI is InChI=1S/C8H7BrN2O2/c1-2-3-13-11-8(12)6-4-7(9)10-5-6/h1,4-5,10H,3H2,(H,11,12). The fraction of sp³-hybridized carbons (Fsp3) is 0.125. The maximum absolute atomic E-state index is 11.2. The molecule has 68 valence electrons. The first-order chi connectivity index (χ1) is 6.24. The maximum Gasteiger partial charge on any atom is 0.276 e. The van der Waals surface area contributed by atoms with E-state index in [4.69, 9.17) is 6.42 Å². The number of amides is 1. The van der Waals surface area contributed by atoms with Gasteiger partial charge in [0, 0.05) is 6.20 Å². The summed E-state index contributed by atoms with van der Waals surface area (Å²) in [6.07, 6.45) is 6.47. The molecule has 0 aliphatic carbocycles. The van der Waals surface area contributed by atoms with Crippen molar-refractivity contribution in [3.05, 3.63) is 22.4 Å². The molecular weight excluding hydrogens is 236 g/mol. The minimum Gasteiger partial charge on any atom is -0.355 e. The van der Waals surface area contributed by atoms with Gasteiger partial charge in [-0.15, -0.1) is 6.42 Å². The predicted molar refractivity (Wildman–Crippen MR) is 50.7 cm³/mol. The van der Waals surface area contributed by atoms with Gasteiger partial charge in [-0.25, -0.2) is 5.48 Å². The van der Waals surface area contributed by atoms with Gasteiger partial charge in [0.25, 0.3) is 5.91 Å². The largest absolute Gasteiger partial charge is 0.355 e. The molecule has 0 unspecified atom stereocenters. The number of carbonyl (C=O) groups is 1. The highest BCUT2D eigenvalue weighted by atomic mass is 79.9. The maximum atomic E-state index is 11.2. The second-order valence-corrected chi connectivity index (χ2v) is 3.01. The van der Waals surface area contributed by atoms with E-state index in [0.717, 1.165) is 4.60 Å². The van der Waals surface area contributed by atoms with Crippen LogP contribution >= 0.6 is 15.9 Å². The number of hydroxylamine groups is 1. The average Bonchev–Trinajstić information content (AvgIpc) is 2.52. The zero-order valence-electron chi connectivity index (χ0n) is 6.63. The van der Waals surface area contributed by atoms with Crippen LogP contribution in [0, 0.1) is 12.3 Å². The Hall–Kier alpha value is -1.25. The molecule has 0 aliphatic rings. The Bertz CT molecular complexity index is 340. The van der Waals surface area contributed by atoms with Gasteiger partial charge in [-0.2, -0.15) is 0 Å². The van der Waals surface area contributed by atoms with Crippen LogP contribution in [0.15, 0.2) is 16.9 Å². The summed E-state index contributed by atoms with van der Waals surface area (Å²) in [5.41, 5.74) is 2.67. The summed E-state index contributed by atoms with van der Waals surface area (Å²) in [6.45, 7) is 0.0529. The Kier molecular flexibility index (Phi) is 3.55. The van der Waals surface area contributed by atoms with E-state index < -0.39 is 0 Å². The molecule has 0 atom stereocenters. The van der Waals surface area contributed by atoms with Crippen LogP contribution in [0.25, 0.3) is 0 Å². The van der Waals surface area contributed by atoms with Crippen LogP contribution in [0.5, 0.6) is 0 Å². The second-order valence-electron chi connectivity index (χ2n) is 2.16. The highest BCUT2D eigenvalue weighted by Crippen LogP contribution is 2.09. The minimum absolute atomic E-state index is 0.0529. The van der Waals surface area contributed by atoms with Crippen LogP contribution in [0.1, 0.15) is 10.4 Å². The Balaban J connectivity index is 2.45. The molecule has 0 fully saturated rings. The van der Waals surface area contributed by atoms with E-state index in [2.05, 4.69) is 37.2 Å². The quantitative estimate of drug-likeness (QED) is 0.474. The van der Waals surface area contributed by atoms with Crippen molar-refractivity contribution in [2.75, 3.05) is 6.61 Å². The normalized spacial score (nSPS) is 9.23. The highest BCUT2D eigenvalue weighted by molar-refractivity contribution is 9.10. The number of rotatable bonds is 3. The van der Waals surface area contributed by atoms with Gasteiger partial charge >= 0.3 is 0 Å². The summed E-state index contributed by atoms with van der Waals surface area (Å²) >= 11 is 3.17. The molecule has 0 aromatic carbocycles. The molecule has 0 spiro atoms. The van der Waals surface area contributed by atoms with E-state index in [1.807, 2.05) is 0 Å². The molecule has 1 aromatic heterocycles. The lowest BCUT2D eigenvalue weighted by Gasteiger charge is -1.99. The molecule has 5 heteroatoms. The molecule has 0 saturated carbocycles. The monoisotopic (exact) mass is 242 g/mol. The summed E-state index contributed by atoms with van der Waals surface area (Å²) in [5.74, 6) is 1.89. The van der Waals surface area contributed by atoms with E-state index in [9.17, 15) is 4.79 Å². The SMILES string of the molecule is C#CCONC(=O)c1c[nH]c(Br)c1. The van der Waals surface area contributed by atoms with Gasteiger partial charge in [-0.3, -0.25) is 9.63 Å². The van der Waals surface area contributed by atoms with Crippen molar-refractivity contribution in [1.82, 2.24) is 10.5 Å². The van der Waals surface area contributed by atoms with Crippen molar-refractivity contribution >= 4 is 21.8 Å². The fourth-order valence-electron chi connectivity index (χ4n) is 0.700. The lowest BCUT2D eigenvalue weighted by molar-refractivity contribution is 0.0438. The first kappa shape index (κ1) is 9.84. The van der Waals surface area contributed by atoms with Crippen molar-refractivity contribution in [2.45, 2.75) is 0 Å². The molecule has 0 bridgehead atoms. The number of aromatic amines is 1. The number of hydrogen-bond acceptors (Lipinski definition) is 2. The van der Waals surface area contributed by atoms with Gasteiger partial charge in [-0.05, 0) is 22.0 Å². The second kappa shape index (κ2) is 4.70. The summed E-state index contributed by atoms with van der Waals surface area (Å²) in [4.78, 5) is 18.6. The number of aromatic nitrogens is 1. The lowest BCUT2D eigenvalue weighted by atomic mass is 10.3. The smallest absolute Gasteiger partial charge is 0.276 e. The molecule has 1 heterocycles. The lowest BCUT2D eigenvalue weighted by Crippen LogP contribution is -2.23. The van der Waals surface area contributed by atoms with E-state index in [1.165, 1.54) is 0 Å². The number of hydrogen-bond donors (Lipinski definition) is 2. The number of halogens is 1. The molecule has 4 nitrogen and oxygen atoms in total. The Labute approximate surface area is 83.7 Å². The van der Waals surface area contributed by atoms with Crippen LogP contribution in [0.2, 0.25) is 0 Å². The first-order valence-corrected chi connectivity index (χ1v) is 4.23. The molecule has 1 amide bonds. The van der Waals surface area contributed by atoms with Crippen LogP contribution in [0.4, 0.5) is 0 Å². The molecule has 1 aromatic rings. The summed E-state index contributed by atoms with van der Waals surface area (Å²) in [5, 5.41) is 0. The number of terminal acetylenes is 1. The van der Waals surface area contributed by atoms with E-state index >= 15 is 0 Å². The van der Waals surface area contributed by atoms with Crippen LogP contribution in [0.3, 0.4) is 0 Å². The first-order valence-electron chi connectivity index (χ1n) is 3.43. The minimum atomic E-state index is -0.336. The number of nitrogens with one attached hydrogen (secondary N) is 2. The molecular formula is C8H7BrN2O2. The van der Waals surface area contributed by atoms with Gasteiger partial charge in [0.1, 0.15) is 6.61 Å². The van der Waals surface area contributed by atoms with E-state index in [1.54, 1.807) is 12.3 Å². The molecule has 0 aliphatic heterocycles. The van der Waals surface area contributed by atoms with Gasteiger partial charge < -0.3 is 4.98 Å². The van der Waals surface area contributed by atoms with Gasteiger partial charge in [0.05, 0.1) is 10.2 Å². The molecule has 1 rings (SSSR count). The molecule has 13 heavy (non-hydrogen) atoms. The zero-order valence-corrected chi connectivity index (χ0v) is 8.22. The van der Waals surface area contributed by atoms with Gasteiger partial charge in [0.15, 0.2) is 0 Å². The summed E-state index contributed by atoms with van der Waals surface area (Å²) in [7, 11) is 0. The predicted octanol–water partition coefficient (Wildman–Crippen LogP) is 1.07.